The number of rotatable bonds is 6. The lowest BCUT2D eigenvalue weighted by molar-refractivity contribution is -0.157. The molecule has 1 amide bonds. The van der Waals surface area contributed by atoms with E-state index in [1.54, 1.807) is 63.8 Å². The second-order valence-corrected chi connectivity index (χ2v) is 12.9. The first kappa shape index (κ1) is 29.5. The van der Waals surface area contributed by atoms with Crippen molar-refractivity contribution >= 4 is 33.3 Å². The van der Waals surface area contributed by atoms with Gasteiger partial charge in [0.05, 0.1) is 34.5 Å². The molecular formula is C28H32ClNO7S. The van der Waals surface area contributed by atoms with Crippen LogP contribution in [0.5, 0.6) is 5.75 Å². The molecule has 1 fully saturated rings. The molecule has 3 rings (SSSR count). The third kappa shape index (κ3) is 7.73. The van der Waals surface area contributed by atoms with E-state index < -0.39 is 26.7 Å². The van der Waals surface area contributed by atoms with Crippen LogP contribution < -0.4 is 4.74 Å². The fraction of sp³-hybridized carbons (Fsp3) is 0.429. The maximum absolute atomic E-state index is 13.2. The molecule has 2 aromatic carbocycles. The Morgan fingerprint density at radius 3 is 2.39 bits per heavy atom. The summed E-state index contributed by atoms with van der Waals surface area (Å²) in [6.45, 7) is 9.69. The molecule has 0 radical (unpaired) electrons. The Morgan fingerprint density at radius 1 is 1.08 bits per heavy atom. The average Bonchev–Trinajstić information content (AvgIpc) is 2.85. The van der Waals surface area contributed by atoms with Crippen molar-refractivity contribution in [2.24, 2.45) is 0 Å². The van der Waals surface area contributed by atoms with Crippen LogP contribution in [0, 0.1) is 11.8 Å². The summed E-state index contributed by atoms with van der Waals surface area (Å²) in [6.07, 6.45) is 0. The molecule has 0 saturated carbocycles. The third-order valence-electron chi connectivity index (χ3n) is 5.49. The first-order chi connectivity index (χ1) is 17.8. The van der Waals surface area contributed by atoms with E-state index >= 15 is 0 Å². The van der Waals surface area contributed by atoms with Crippen LogP contribution in [0.2, 0.25) is 5.02 Å². The highest BCUT2D eigenvalue weighted by Crippen LogP contribution is 2.25. The molecule has 2 aromatic rings. The van der Waals surface area contributed by atoms with Gasteiger partial charge in [0.2, 0.25) is 0 Å². The number of morpholine rings is 1. The van der Waals surface area contributed by atoms with Gasteiger partial charge in [0, 0.05) is 23.7 Å². The van der Waals surface area contributed by atoms with Gasteiger partial charge in [-0.2, -0.15) is 0 Å². The molecule has 0 spiro atoms. The van der Waals surface area contributed by atoms with Crippen LogP contribution in [0.3, 0.4) is 0 Å². The summed E-state index contributed by atoms with van der Waals surface area (Å²) in [6, 6.07) is 9.30. The molecule has 10 heteroatoms. The summed E-state index contributed by atoms with van der Waals surface area (Å²) < 4.78 is 42.6. The molecule has 1 aliphatic heterocycles. The highest BCUT2D eigenvalue weighted by atomic mass is 35.5. The van der Waals surface area contributed by atoms with E-state index in [0.717, 1.165) is 0 Å². The zero-order chi connectivity index (χ0) is 28.1. The van der Waals surface area contributed by atoms with Crippen LogP contribution in [-0.2, 0) is 24.1 Å². The number of esters is 1. The van der Waals surface area contributed by atoms with Gasteiger partial charge in [0.15, 0.2) is 16.4 Å². The summed E-state index contributed by atoms with van der Waals surface area (Å²) >= 11 is 6.15. The Kier molecular flexibility index (Phi) is 9.47. The topological polar surface area (TPSA) is 99.2 Å². The molecule has 38 heavy (non-hydrogen) atoms. The first-order valence-corrected chi connectivity index (χ1v) is 14.1. The summed E-state index contributed by atoms with van der Waals surface area (Å²) in [4.78, 5) is 26.8. The third-order valence-corrected chi connectivity index (χ3v) is 7.91. The number of carbonyl (C=O) groups excluding carboxylic acids is 2. The Labute approximate surface area is 229 Å². The quantitative estimate of drug-likeness (QED) is 0.386. The maximum Gasteiger partial charge on any atom is 0.344 e. The molecule has 1 saturated heterocycles. The highest BCUT2D eigenvalue weighted by Gasteiger charge is 2.29. The first-order valence-electron chi connectivity index (χ1n) is 12.2. The Hall–Kier alpha value is -3.06. The normalized spacial score (nSPS) is 14.0. The molecule has 0 bridgehead atoms. The number of carbonyl (C=O) groups is 2. The van der Waals surface area contributed by atoms with Gasteiger partial charge in [-0.25, -0.2) is 13.2 Å². The zero-order valence-corrected chi connectivity index (χ0v) is 23.7. The van der Waals surface area contributed by atoms with E-state index in [0.29, 0.717) is 48.2 Å². The van der Waals surface area contributed by atoms with Crippen molar-refractivity contribution in [2.75, 3.05) is 32.9 Å². The number of ether oxygens (including phenoxy) is 3. The van der Waals surface area contributed by atoms with Gasteiger partial charge < -0.3 is 19.1 Å². The Balaban J connectivity index is 1.95. The van der Waals surface area contributed by atoms with Crippen LogP contribution in [0.25, 0.3) is 0 Å². The predicted molar refractivity (Wildman–Crippen MR) is 144 cm³/mol. The summed E-state index contributed by atoms with van der Waals surface area (Å²) in [5, 5.41) is -0.323. The minimum absolute atomic E-state index is 0.0664. The molecule has 1 heterocycles. The van der Waals surface area contributed by atoms with Crippen LogP contribution >= 0.6 is 11.6 Å². The zero-order valence-electron chi connectivity index (χ0n) is 22.2. The van der Waals surface area contributed by atoms with Gasteiger partial charge in [0.25, 0.3) is 5.91 Å². The van der Waals surface area contributed by atoms with Crippen LogP contribution in [0.1, 0.15) is 56.1 Å². The summed E-state index contributed by atoms with van der Waals surface area (Å²) in [5.41, 5.74) is 0.255. The molecule has 1 aliphatic rings. The van der Waals surface area contributed by atoms with Gasteiger partial charge in [-0.15, -0.1) is 0 Å². The fourth-order valence-corrected chi connectivity index (χ4v) is 5.01. The summed E-state index contributed by atoms with van der Waals surface area (Å²) in [5.74, 6) is 5.31. The molecular weight excluding hydrogens is 530 g/mol. The number of nitrogens with zero attached hydrogens (tertiary/aromatic N) is 1. The van der Waals surface area contributed by atoms with Crippen molar-refractivity contribution in [2.45, 2.75) is 50.4 Å². The van der Waals surface area contributed by atoms with Crippen molar-refractivity contribution in [3.05, 3.63) is 58.1 Å². The van der Waals surface area contributed by atoms with Gasteiger partial charge in [-0.1, -0.05) is 23.4 Å². The average molecular weight is 562 g/mol. The standard InChI is InChI=1S/C28H32ClNO7S/c1-19(2)38(33,34)25-16-20(7-10-23(25)27(32)30-12-14-35-15-13-30)6-8-21-17-22(29)9-11-24(21)36-18-26(31)37-28(3,4)5/h7,9-11,16-17,19H,12-15,18H2,1-5H3. The van der Waals surface area contributed by atoms with Gasteiger partial charge >= 0.3 is 5.97 Å². The molecule has 0 atom stereocenters. The van der Waals surface area contributed by atoms with Crippen molar-refractivity contribution < 1.29 is 32.2 Å². The molecule has 0 aliphatic carbocycles. The molecule has 0 unspecified atom stereocenters. The van der Waals surface area contributed by atoms with E-state index in [4.69, 9.17) is 25.8 Å². The number of hydrogen-bond acceptors (Lipinski definition) is 7. The largest absolute Gasteiger partial charge is 0.481 e. The maximum atomic E-state index is 13.2. The van der Waals surface area contributed by atoms with E-state index in [2.05, 4.69) is 11.8 Å². The fourth-order valence-electron chi connectivity index (χ4n) is 3.58. The number of halogens is 1. The van der Waals surface area contributed by atoms with Crippen molar-refractivity contribution in [3.63, 3.8) is 0 Å². The van der Waals surface area contributed by atoms with Crippen molar-refractivity contribution in [1.82, 2.24) is 4.90 Å². The SMILES string of the molecule is CC(C)S(=O)(=O)c1cc(C#Cc2cc(Cl)ccc2OCC(=O)OC(C)(C)C)ccc1C(=O)N1CCOCC1. The number of amides is 1. The van der Waals surface area contributed by atoms with Gasteiger partial charge in [0.1, 0.15) is 11.4 Å². The number of benzene rings is 2. The van der Waals surface area contributed by atoms with E-state index in [9.17, 15) is 18.0 Å². The molecule has 0 aromatic heterocycles. The minimum Gasteiger partial charge on any atom is -0.481 e. The summed E-state index contributed by atoms with van der Waals surface area (Å²) in [7, 11) is -3.79. The lowest BCUT2D eigenvalue weighted by atomic mass is 10.1. The Morgan fingerprint density at radius 2 is 1.76 bits per heavy atom. The predicted octanol–water partition coefficient (Wildman–Crippen LogP) is 4.11. The monoisotopic (exact) mass is 561 g/mol. The van der Waals surface area contributed by atoms with E-state index in [1.807, 2.05) is 0 Å². The second kappa shape index (κ2) is 12.2. The van der Waals surface area contributed by atoms with Crippen molar-refractivity contribution in [1.29, 1.82) is 0 Å². The number of hydrogen-bond donors (Lipinski definition) is 0. The minimum atomic E-state index is -3.79. The Bertz CT molecular complexity index is 1360. The molecule has 204 valence electrons. The highest BCUT2D eigenvalue weighted by molar-refractivity contribution is 7.92. The lowest BCUT2D eigenvalue weighted by Crippen LogP contribution is -2.41. The van der Waals surface area contributed by atoms with Crippen molar-refractivity contribution in [3.8, 4) is 17.6 Å². The van der Waals surface area contributed by atoms with Gasteiger partial charge in [-0.05, 0) is 71.0 Å². The van der Waals surface area contributed by atoms with Gasteiger partial charge in [-0.3, -0.25) is 4.79 Å². The van der Waals surface area contributed by atoms with Crippen LogP contribution in [0.4, 0.5) is 0 Å². The second-order valence-electron chi connectivity index (χ2n) is 9.97. The van der Waals surface area contributed by atoms with E-state index in [-0.39, 0.29) is 23.0 Å². The molecule has 8 nitrogen and oxygen atoms in total. The van der Waals surface area contributed by atoms with Crippen LogP contribution in [-0.4, -0.2) is 69.0 Å². The number of sulfone groups is 1. The smallest absolute Gasteiger partial charge is 0.344 e. The van der Waals surface area contributed by atoms with Crippen LogP contribution in [0.15, 0.2) is 41.3 Å². The van der Waals surface area contributed by atoms with E-state index in [1.165, 1.54) is 12.1 Å². The lowest BCUT2D eigenvalue weighted by Gasteiger charge is -2.27. The molecule has 0 N–H and O–H groups in total.